The van der Waals surface area contributed by atoms with Crippen molar-refractivity contribution in [1.29, 1.82) is 0 Å². The number of aryl methyl sites for hydroxylation is 2. The third-order valence-electron chi connectivity index (χ3n) is 4.19. The quantitative estimate of drug-likeness (QED) is 0.443. The Labute approximate surface area is 166 Å². The number of nitro benzene ring substituents is 1. The van der Waals surface area contributed by atoms with Crippen LogP contribution in [0.4, 0.5) is 16.5 Å². The molecule has 0 spiro atoms. The van der Waals surface area contributed by atoms with Crippen LogP contribution < -0.4 is 10.6 Å². The molecule has 0 atom stereocenters. The first-order valence-corrected chi connectivity index (χ1v) is 9.62. The maximum Gasteiger partial charge on any atom is 0.292 e. The molecular formula is C20H20N4O3S. The van der Waals surface area contributed by atoms with Crippen LogP contribution in [0.1, 0.15) is 17.5 Å². The SMILES string of the molecule is Cc1ccc(C)c(-c2csc(NC(=O)CCNc3ccccc3[N+](=O)[O-])n2)c1. The first kappa shape index (κ1) is 19.5. The van der Waals surface area contributed by atoms with Gasteiger partial charge in [-0.3, -0.25) is 14.9 Å². The highest BCUT2D eigenvalue weighted by atomic mass is 32.1. The number of carbonyl (C=O) groups excluding carboxylic acids is 1. The summed E-state index contributed by atoms with van der Waals surface area (Å²) in [5.74, 6) is -0.201. The Morgan fingerprint density at radius 2 is 2.00 bits per heavy atom. The van der Waals surface area contributed by atoms with Gasteiger partial charge in [0.05, 0.1) is 10.6 Å². The minimum Gasteiger partial charge on any atom is -0.379 e. The smallest absolute Gasteiger partial charge is 0.292 e. The molecule has 2 N–H and O–H groups in total. The summed E-state index contributed by atoms with van der Waals surface area (Å²) in [4.78, 5) is 27.2. The van der Waals surface area contributed by atoms with E-state index in [4.69, 9.17) is 0 Å². The number of carbonyl (C=O) groups is 1. The van der Waals surface area contributed by atoms with E-state index in [0.717, 1.165) is 22.4 Å². The first-order chi connectivity index (χ1) is 13.4. The van der Waals surface area contributed by atoms with E-state index in [1.165, 1.54) is 17.4 Å². The van der Waals surface area contributed by atoms with E-state index in [1.54, 1.807) is 18.2 Å². The van der Waals surface area contributed by atoms with Gasteiger partial charge in [0, 0.05) is 30.0 Å². The van der Waals surface area contributed by atoms with Gasteiger partial charge < -0.3 is 10.6 Å². The van der Waals surface area contributed by atoms with Crippen LogP contribution in [0, 0.1) is 24.0 Å². The van der Waals surface area contributed by atoms with Crippen LogP contribution in [0.25, 0.3) is 11.3 Å². The van der Waals surface area contributed by atoms with Gasteiger partial charge >= 0.3 is 0 Å². The van der Waals surface area contributed by atoms with Gasteiger partial charge in [-0.25, -0.2) is 4.98 Å². The maximum atomic E-state index is 12.2. The van der Waals surface area contributed by atoms with Crippen molar-refractivity contribution in [3.63, 3.8) is 0 Å². The Morgan fingerprint density at radius 3 is 2.79 bits per heavy atom. The minimum atomic E-state index is -0.452. The van der Waals surface area contributed by atoms with Crippen molar-refractivity contribution in [2.24, 2.45) is 0 Å². The molecule has 0 fully saturated rings. The number of hydrogen-bond donors (Lipinski definition) is 2. The Morgan fingerprint density at radius 1 is 1.21 bits per heavy atom. The van der Waals surface area contributed by atoms with E-state index in [1.807, 2.05) is 19.2 Å². The summed E-state index contributed by atoms with van der Waals surface area (Å²) in [6.07, 6.45) is 0.171. The van der Waals surface area contributed by atoms with Gasteiger partial charge in [-0.1, -0.05) is 29.8 Å². The van der Waals surface area contributed by atoms with Crippen LogP contribution in [0.3, 0.4) is 0 Å². The van der Waals surface area contributed by atoms with Gasteiger partial charge in [0.1, 0.15) is 5.69 Å². The zero-order chi connectivity index (χ0) is 20.1. The van der Waals surface area contributed by atoms with Crippen LogP contribution >= 0.6 is 11.3 Å². The largest absolute Gasteiger partial charge is 0.379 e. The van der Waals surface area contributed by atoms with E-state index in [2.05, 4.69) is 33.8 Å². The van der Waals surface area contributed by atoms with Crippen molar-refractivity contribution >= 4 is 33.8 Å². The predicted molar refractivity (Wildman–Crippen MR) is 112 cm³/mol. The van der Waals surface area contributed by atoms with Gasteiger partial charge in [-0.15, -0.1) is 11.3 Å². The second-order valence-electron chi connectivity index (χ2n) is 6.36. The van der Waals surface area contributed by atoms with E-state index < -0.39 is 4.92 Å². The van der Waals surface area contributed by atoms with Crippen molar-refractivity contribution in [2.75, 3.05) is 17.2 Å². The topological polar surface area (TPSA) is 97.2 Å². The fraction of sp³-hybridized carbons (Fsp3) is 0.200. The summed E-state index contributed by atoms with van der Waals surface area (Å²) in [5, 5.41) is 19.2. The number of aromatic nitrogens is 1. The average molecular weight is 396 g/mol. The molecule has 0 aliphatic heterocycles. The molecular weight excluding hydrogens is 376 g/mol. The summed E-state index contributed by atoms with van der Waals surface area (Å²) >= 11 is 1.37. The van der Waals surface area contributed by atoms with Crippen LogP contribution in [-0.2, 0) is 4.79 Å². The zero-order valence-corrected chi connectivity index (χ0v) is 16.4. The van der Waals surface area contributed by atoms with Crippen molar-refractivity contribution in [3.8, 4) is 11.3 Å². The van der Waals surface area contributed by atoms with Crippen LogP contribution in [0.2, 0.25) is 0 Å². The van der Waals surface area contributed by atoms with Gasteiger partial charge in [-0.2, -0.15) is 0 Å². The fourth-order valence-electron chi connectivity index (χ4n) is 2.74. The summed E-state index contributed by atoms with van der Waals surface area (Å²) < 4.78 is 0. The highest BCUT2D eigenvalue weighted by Crippen LogP contribution is 2.28. The Kier molecular flexibility index (Phi) is 6.00. The molecule has 0 bridgehead atoms. The molecule has 0 saturated carbocycles. The summed E-state index contributed by atoms with van der Waals surface area (Å²) in [6, 6.07) is 12.5. The number of nitrogens with zero attached hydrogens (tertiary/aromatic N) is 2. The predicted octanol–water partition coefficient (Wildman–Crippen LogP) is 4.78. The van der Waals surface area contributed by atoms with Crippen molar-refractivity contribution in [2.45, 2.75) is 20.3 Å². The lowest BCUT2D eigenvalue weighted by molar-refractivity contribution is -0.384. The number of nitrogens with one attached hydrogen (secondary N) is 2. The number of anilines is 2. The Hall–Kier alpha value is -3.26. The van der Waals surface area contributed by atoms with E-state index in [0.29, 0.717) is 10.8 Å². The number of hydrogen-bond acceptors (Lipinski definition) is 6. The first-order valence-electron chi connectivity index (χ1n) is 8.74. The van der Waals surface area contributed by atoms with E-state index >= 15 is 0 Å². The third-order valence-corrected chi connectivity index (χ3v) is 4.95. The molecule has 28 heavy (non-hydrogen) atoms. The lowest BCUT2D eigenvalue weighted by Gasteiger charge is -2.07. The number of para-hydroxylation sites is 2. The second kappa shape index (κ2) is 8.62. The zero-order valence-electron chi connectivity index (χ0n) is 15.6. The molecule has 2 aromatic carbocycles. The molecule has 1 amide bonds. The van der Waals surface area contributed by atoms with Crippen LogP contribution in [0.5, 0.6) is 0 Å². The van der Waals surface area contributed by atoms with Crippen molar-refractivity contribution in [3.05, 3.63) is 69.1 Å². The molecule has 0 aliphatic carbocycles. The summed E-state index contributed by atoms with van der Waals surface area (Å²) in [6.45, 7) is 4.34. The number of rotatable bonds is 7. The maximum absolute atomic E-state index is 12.2. The highest BCUT2D eigenvalue weighted by molar-refractivity contribution is 7.14. The Bertz CT molecular complexity index is 1020. The molecule has 3 rings (SSSR count). The molecule has 1 aromatic heterocycles. The Balaban J connectivity index is 1.57. The second-order valence-corrected chi connectivity index (χ2v) is 7.21. The third kappa shape index (κ3) is 4.72. The monoisotopic (exact) mass is 396 g/mol. The number of amides is 1. The average Bonchev–Trinajstić information content (AvgIpc) is 3.12. The molecule has 144 valence electrons. The standard InChI is InChI=1S/C20H20N4O3S/c1-13-7-8-14(2)15(11-13)17-12-28-20(22-17)23-19(25)9-10-21-16-5-3-4-6-18(16)24(26)27/h3-8,11-12,21H,9-10H2,1-2H3,(H,22,23,25). The lowest BCUT2D eigenvalue weighted by Crippen LogP contribution is -2.16. The molecule has 3 aromatic rings. The molecule has 0 unspecified atom stereocenters. The van der Waals surface area contributed by atoms with Crippen LogP contribution in [0.15, 0.2) is 47.8 Å². The molecule has 7 nitrogen and oxygen atoms in total. The number of nitro groups is 1. The molecule has 1 heterocycles. The highest BCUT2D eigenvalue weighted by Gasteiger charge is 2.13. The minimum absolute atomic E-state index is 0.0130. The number of benzene rings is 2. The summed E-state index contributed by atoms with van der Waals surface area (Å²) in [5.41, 5.74) is 4.55. The molecule has 0 saturated heterocycles. The molecule has 0 radical (unpaired) electrons. The molecule has 8 heteroatoms. The van der Waals surface area contributed by atoms with Crippen molar-refractivity contribution < 1.29 is 9.72 Å². The van der Waals surface area contributed by atoms with Gasteiger partial charge in [0.25, 0.3) is 5.69 Å². The van der Waals surface area contributed by atoms with E-state index in [9.17, 15) is 14.9 Å². The van der Waals surface area contributed by atoms with Gasteiger partial charge in [0.2, 0.25) is 5.91 Å². The van der Waals surface area contributed by atoms with Crippen molar-refractivity contribution in [1.82, 2.24) is 4.98 Å². The fourth-order valence-corrected chi connectivity index (χ4v) is 3.47. The van der Waals surface area contributed by atoms with Gasteiger partial charge in [-0.05, 0) is 31.5 Å². The number of thiazole rings is 1. The van der Waals surface area contributed by atoms with Gasteiger partial charge in [0.15, 0.2) is 5.13 Å². The van der Waals surface area contributed by atoms with Crippen LogP contribution in [-0.4, -0.2) is 22.4 Å². The lowest BCUT2D eigenvalue weighted by atomic mass is 10.0. The summed E-state index contributed by atoms with van der Waals surface area (Å²) in [7, 11) is 0. The molecule has 0 aliphatic rings. The normalized spacial score (nSPS) is 10.5. The van der Waals surface area contributed by atoms with E-state index in [-0.39, 0.29) is 24.6 Å².